The fourth-order valence-corrected chi connectivity index (χ4v) is 3.42. The van der Waals surface area contributed by atoms with Gasteiger partial charge in [-0.2, -0.15) is 0 Å². The summed E-state index contributed by atoms with van der Waals surface area (Å²) in [5.41, 5.74) is 3.68. The zero-order chi connectivity index (χ0) is 15.8. The van der Waals surface area contributed by atoms with E-state index in [0.717, 1.165) is 32.7 Å². The monoisotopic (exact) mass is 321 g/mol. The zero-order valence-electron chi connectivity index (χ0n) is 11.9. The number of aromatic amines is 1. The molecular weight excluding hydrogens is 310 g/mol. The predicted molar refractivity (Wildman–Crippen MR) is 91.5 cm³/mol. The van der Waals surface area contributed by atoms with Crippen LogP contribution < -0.4 is 0 Å². The number of nitro groups is 1. The van der Waals surface area contributed by atoms with Gasteiger partial charge < -0.3 is 4.98 Å². The third-order valence-corrected chi connectivity index (χ3v) is 4.55. The van der Waals surface area contributed by atoms with Crippen LogP contribution in [-0.4, -0.2) is 14.9 Å². The Morgan fingerprint density at radius 3 is 2.87 bits per heavy atom. The molecule has 2 aromatic carbocycles. The minimum absolute atomic E-state index is 0.0733. The van der Waals surface area contributed by atoms with Crippen molar-refractivity contribution in [3.63, 3.8) is 0 Å². The third kappa shape index (κ3) is 2.39. The quantitative estimate of drug-likeness (QED) is 0.432. The maximum atomic E-state index is 10.9. The molecule has 0 saturated heterocycles. The van der Waals surface area contributed by atoms with E-state index >= 15 is 0 Å². The Hall–Kier alpha value is -2.99. The average molecular weight is 321 g/mol. The molecule has 4 rings (SSSR count). The summed E-state index contributed by atoms with van der Waals surface area (Å²) in [5.74, 6) is 0. The van der Waals surface area contributed by atoms with Crippen LogP contribution in [0.3, 0.4) is 0 Å². The highest BCUT2D eigenvalue weighted by molar-refractivity contribution is 7.13. The molecule has 1 N–H and O–H groups in total. The van der Waals surface area contributed by atoms with Crippen molar-refractivity contribution in [2.75, 3.05) is 0 Å². The topological polar surface area (TPSA) is 71.8 Å². The van der Waals surface area contributed by atoms with Crippen molar-refractivity contribution >= 4 is 27.9 Å². The summed E-state index contributed by atoms with van der Waals surface area (Å²) in [4.78, 5) is 18.4. The minimum Gasteiger partial charge on any atom is -0.360 e. The van der Waals surface area contributed by atoms with E-state index in [4.69, 9.17) is 0 Å². The van der Waals surface area contributed by atoms with Gasteiger partial charge in [0.2, 0.25) is 0 Å². The Balaban J connectivity index is 1.77. The zero-order valence-corrected chi connectivity index (χ0v) is 12.7. The Labute approximate surface area is 135 Å². The molecule has 6 heteroatoms. The molecule has 112 valence electrons. The highest BCUT2D eigenvalue weighted by atomic mass is 32.1. The van der Waals surface area contributed by atoms with Crippen LogP contribution in [0.5, 0.6) is 0 Å². The summed E-state index contributed by atoms with van der Waals surface area (Å²) < 4.78 is 0. The first-order valence-electron chi connectivity index (χ1n) is 6.99. The van der Waals surface area contributed by atoms with Gasteiger partial charge in [-0.25, -0.2) is 4.98 Å². The van der Waals surface area contributed by atoms with Crippen molar-refractivity contribution in [2.24, 2.45) is 0 Å². The lowest BCUT2D eigenvalue weighted by molar-refractivity contribution is -0.384. The second-order valence-corrected chi connectivity index (χ2v) is 5.95. The number of hydrogen-bond acceptors (Lipinski definition) is 4. The number of nitrogens with zero attached hydrogens (tertiary/aromatic N) is 2. The minimum atomic E-state index is -0.392. The number of fused-ring (bicyclic) bond motifs is 1. The lowest BCUT2D eigenvalue weighted by atomic mass is 10.1. The number of nitro benzene ring substituents is 1. The number of non-ortho nitro benzene ring substituents is 1. The molecule has 0 unspecified atom stereocenters. The summed E-state index contributed by atoms with van der Waals surface area (Å²) in [6.45, 7) is 0. The summed E-state index contributed by atoms with van der Waals surface area (Å²) in [5, 5.41) is 14.8. The first kappa shape index (κ1) is 13.7. The summed E-state index contributed by atoms with van der Waals surface area (Å²) >= 11 is 1.53. The van der Waals surface area contributed by atoms with Crippen molar-refractivity contribution in [3.8, 4) is 21.8 Å². The number of rotatable bonds is 3. The third-order valence-electron chi connectivity index (χ3n) is 3.68. The number of H-pyrrole nitrogens is 1. The van der Waals surface area contributed by atoms with Gasteiger partial charge in [0.1, 0.15) is 5.01 Å². The van der Waals surface area contributed by atoms with Crippen LogP contribution >= 0.6 is 11.3 Å². The van der Waals surface area contributed by atoms with Crippen LogP contribution in [0.4, 0.5) is 5.69 Å². The highest BCUT2D eigenvalue weighted by Crippen LogP contribution is 2.34. The van der Waals surface area contributed by atoms with Crippen molar-refractivity contribution in [2.45, 2.75) is 0 Å². The van der Waals surface area contributed by atoms with Crippen LogP contribution in [0.15, 0.2) is 60.1 Å². The number of para-hydroxylation sites is 1. The Bertz CT molecular complexity index is 1020. The van der Waals surface area contributed by atoms with E-state index in [9.17, 15) is 10.1 Å². The molecule has 5 nitrogen and oxygen atoms in total. The highest BCUT2D eigenvalue weighted by Gasteiger charge is 2.13. The molecule has 0 atom stereocenters. The summed E-state index contributed by atoms with van der Waals surface area (Å²) in [6.07, 6.45) is 1.95. The van der Waals surface area contributed by atoms with E-state index in [1.165, 1.54) is 17.4 Å². The molecule has 0 amide bonds. The van der Waals surface area contributed by atoms with Crippen LogP contribution in [-0.2, 0) is 0 Å². The van der Waals surface area contributed by atoms with Crippen LogP contribution in [0.25, 0.3) is 32.7 Å². The van der Waals surface area contributed by atoms with Crippen molar-refractivity contribution < 1.29 is 4.92 Å². The molecule has 0 aliphatic carbocycles. The molecule has 0 spiro atoms. The van der Waals surface area contributed by atoms with Gasteiger partial charge >= 0.3 is 0 Å². The van der Waals surface area contributed by atoms with Gasteiger partial charge in [-0.3, -0.25) is 10.1 Å². The van der Waals surface area contributed by atoms with E-state index in [1.807, 2.05) is 35.8 Å². The van der Waals surface area contributed by atoms with E-state index in [1.54, 1.807) is 12.1 Å². The standard InChI is InChI=1S/C17H11N3O2S/c21-20(22)12-5-3-4-11(8-12)16-10-23-17(19-16)14-9-18-15-7-2-1-6-13(14)15/h1-10,18H. The molecule has 0 bridgehead atoms. The van der Waals surface area contributed by atoms with E-state index in [2.05, 4.69) is 16.0 Å². The number of hydrogen-bond donors (Lipinski definition) is 1. The largest absolute Gasteiger partial charge is 0.360 e. The van der Waals surface area contributed by atoms with Crippen molar-refractivity contribution in [3.05, 3.63) is 70.2 Å². The van der Waals surface area contributed by atoms with Gasteiger partial charge in [0.15, 0.2) is 0 Å². The van der Waals surface area contributed by atoms with Crippen LogP contribution in [0.2, 0.25) is 0 Å². The molecular formula is C17H11N3O2S. The Morgan fingerprint density at radius 2 is 2.00 bits per heavy atom. The first-order chi connectivity index (χ1) is 11.2. The second-order valence-electron chi connectivity index (χ2n) is 5.09. The van der Waals surface area contributed by atoms with Gasteiger partial charge in [-0.05, 0) is 6.07 Å². The molecule has 4 aromatic rings. The van der Waals surface area contributed by atoms with E-state index in [0.29, 0.717) is 0 Å². The van der Waals surface area contributed by atoms with E-state index in [-0.39, 0.29) is 5.69 Å². The number of aromatic nitrogens is 2. The molecule has 0 radical (unpaired) electrons. The van der Waals surface area contributed by atoms with Gasteiger partial charge in [0.05, 0.1) is 10.6 Å². The fraction of sp³-hybridized carbons (Fsp3) is 0. The molecule has 0 fully saturated rings. The molecule has 0 saturated carbocycles. The van der Waals surface area contributed by atoms with Gasteiger partial charge in [0, 0.05) is 45.7 Å². The number of benzene rings is 2. The van der Waals surface area contributed by atoms with Crippen LogP contribution in [0.1, 0.15) is 0 Å². The van der Waals surface area contributed by atoms with E-state index < -0.39 is 4.92 Å². The fourth-order valence-electron chi connectivity index (χ4n) is 2.56. The molecule has 2 aromatic heterocycles. The number of thiazole rings is 1. The molecule has 0 aliphatic rings. The van der Waals surface area contributed by atoms with Gasteiger partial charge in [-0.15, -0.1) is 11.3 Å². The SMILES string of the molecule is O=[N+]([O-])c1cccc(-c2csc(-c3c[nH]c4ccccc34)n2)c1. The first-order valence-corrected chi connectivity index (χ1v) is 7.87. The van der Waals surface area contributed by atoms with Crippen molar-refractivity contribution in [1.82, 2.24) is 9.97 Å². The normalized spacial score (nSPS) is 11.0. The summed E-state index contributed by atoms with van der Waals surface area (Å²) in [7, 11) is 0. The lowest BCUT2D eigenvalue weighted by Gasteiger charge is -1.97. The second kappa shape index (κ2) is 5.33. The maximum Gasteiger partial charge on any atom is 0.270 e. The van der Waals surface area contributed by atoms with Crippen LogP contribution in [0, 0.1) is 10.1 Å². The molecule has 0 aliphatic heterocycles. The lowest BCUT2D eigenvalue weighted by Crippen LogP contribution is -1.88. The van der Waals surface area contributed by atoms with Crippen molar-refractivity contribution in [1.29, 1.82) is 0 Å². The van der Waals surface area contributed by atoms with Gasteiger partial charge in [-0.1, -0.05) is 30.3 Å². The average Bonchev–Trinajstić information content (AvgIpc) is 3.21. The molecule has 2 heterocycles. The Morgan fingerprint density at radius 1 is 1.13 bits per heavy atom. The summed E-state index contributed by atoms with van der Waals surface area (Å²) in [6, 6.07) is 14.6. The predicted octanol–water partition coefficient (Wildman–Crippen LogP) is 4.87. The smallest absolute Gasteiger partial charge is 0.270 e. The number of nitrogens with one attached hydrogen (secondary N) is 1. The van der Waals surface area contributed by atoms with Gasteiger partial charge in [0.25, 0.3) is 5.69 Å². The maximum absolute atomic E-state index is 10.9. The molecule has 23 heavy (non-hydrogen) atoms. The Kier molecular flexibility index (Phi) is 3.17.